The Morgan fingerprint density at radius 2 is 1.74 bits per heavy atom. The van der Waals surface area contributed by atoms with Crippen LogP contribution in [0.3, 0.4) is 0 Å². The number of urea groups is 1. The fraction of sp³-hybridized carbons (Fsp3) is 0.238. The van der Waals surface area contributed by atoms with E-state index in [9.17, 15) is 14.4 Å². The molecule has 2 unspecified atom stereocenters. The predicted octanol–water partition coefficient (Wildman–Crippen LogP) is 2.83. The number of benzene rings is 2. The number of aldehydes is 1. The Morgan fingerprint density at radius 1 is 1.11 bits per heavy atom. The first-order chi connectivity index (χ1) is 12.9. The summed E-state index contributed by atoms with van der Waals surface area (Å²) in [5, 5.41) is 9.02. The largest absolute Gasteiger partial charge is 0.328 e. The molecule has 0 saturated carbocycles. The summed E-state index contributed by atoms with van der Waals surface area (Å²) in [4.78, 5) is 40.1. The van der Waals surface area contributed by atoms with E-state index in [-0.39, 0.29) is 6.54 Å². The molecule has 0 bridgehead atoms. The van der Waals surface area contributed by atoms with Crippen LogP contribution in [0.25, 0.3) is 0 Å². The van der Waals surface area contributed by atoms with Crippen LogP contribution >= 0.6 is 0 Å². The molecule has 2 aromatic rings. The minimum Gasteiger partial charge on any atom is -0.301 e. The summed E-state index contributed by atoms with van der Waals surface area (Å²) in [6.45, 7) is 3.42. The van der Waals surface area contributed by atoms with E-state index in [2.05, 4.69) is 0 Å². The molecule has 0 N–H and O–H groups in total. The molecule has 1 fully saturated rings. The highest BCUT2D eigenvalue weighted by molar-refractivity contribution is 6.08. The van der Waals surface area contributed by atoms with Gasteiger partial charge >= 0.3 is 6.03 Å². The van der Waals surface area contributed by atoms with Gasteiger partial charge in [0.05, 0.1) is 17.7 Å². The summed E-state index contributed by atoms with van der Waals surface area (Å²) in [7, 11) is 0. The van der Waals surface area contributed by atoms with Crippen molar-refractivity contribution >= 4 is 18.2 Å². The molecule has 0 spiro atoms. The van der Waals surface area contributed by atoms with Crippen LogP contribution in [0, 0.1) is 11.3 Å². The van der Waals surface area contributed by atoms with Gasteiger partial charge in [0.2, 0.25) is 0 Å². The van der Waals surface area contributed by atoms with E-state index in [1.165, 1.54) is 11.8 Å². The summed E-state index contributed by atoms with van der Waals surface area (Å²) < 4.78 is 0. The monoisotopic (exact) mass is 361 g/mol. The number of hydrogen-bond donors (Lipinski definition) is 0. The first-order valence-electron chi connectivity index (χ1n) is 8.58. The van der Waals surface area contributed by atoms with E-state index in [0.29, 0.717) is 17.4 Å². The van der Waals surface area contributed by atoms with Crippen molar-refractivity contribution in [2.75, 3.05) is 0 Å². The van der Waals surface area contributed by atoms with Gasteiger partial charge in [-0.05, 0) is 37.1 Å². The van der Waals surface area contributed by atoms with E-state index < -0.39 is 23.5 Å². The fourth-order valence-corrected chi connectivity index (χ4v) is 3.32. The third-order valence-electron chi connectivity index (χ3n) is 4.98. The molecule has 2 atom stereocenters. The maximum atomic E-state index is 13.2. The molecule has 6 nitrogen and oxygen atoms in total. The molecular weight excluding hydrogens is 342 g/mol. The maximum absolute atomic E-state index is 13.2. The topological polar surface area (TPSA) is 81.5 Å². The molecule has 2 aromatic carbocycles. The van der Waals surface area contributed by atoms with Crippen LogP contribution in [0.2, 0.25) is 0 Å². The lowest BCUT2D eigenvalue weighted by atomic mass is 9.89. The molecule has 27 heavy (non-hydrogen) atoms. The molecule has 136 valence electrons. The number of nitriles is 1. The van der Waals surface area contributed by atoms with Crippen molar-refractivity contribution < 1.29 is 14.4 Å². The SMILES string of the molecule is CC(C=O)N1C(=O)N(Cc2ccccc2)C(C)(c2ccc(C#N)cc2)C1=O. The molecule has 3 rings (SSSR count). The quantitative estimate of drug-likeness (QED) is 0.606. The lowest BCUT2D eigenvalue weighted by Crippen LogP contribution is -2.44. The Balaban J connectivity index is 2.10. The molecule has 0 aromatic heterocycles. The Bertz CT molecular complexity index is 918. The molecule has 3 amide bonds. The van der Waals surface area contributed by atoms with Crippen LogP contribution in [0.1, 0.15) is 30.5 Å². The Labute approximate surface area is 157 Å². The smallest absolute Gasteiger partial charge is 0.301 e. The number of carbonyl (C=O) groups excluding carboxylic acids is 3. The number of carbonyl (C=O) groups is 3. The van der Waals surface area contributed by atoms with Crippen molar-refractivity contribution in [2.45, 2.75) is 32.0 Å². The van der Waals surface area contributed by atoms with Gasteiger partial charge in [0.15, 0.2) is 0 Å². The molecule has 1 aliphatic heterocycles. The zero-order valence-corrected chi connectivity index (χ0v) is 15.1. The van der Waals surface area contributed by atoms with Crippen LogP contribution in [-0.2, 0) is 21.7 Å². The second-order valence-corrected chi connectivity index (χ2v) is 6.67. The highest BCUT2D eigenvalue weighted by Gasteiger charge is 2.56. The summed E-state index contributed by atoms with van der Waals surface area (Å²) in [5.74, 6) is -0.451. The first kappa shape index (κ1) is 18.3. The molecule has 1 heterocycles. The average molecular weight is 361 g/mol. The van der Waals surface area contributed by atoms with Crippen LogP contribution in [0.15, 0.2) is 54.6 Å². The molecule has 1 saturated heterocycles. The standard InChI is InChI=1S/C21H19N3O3/c1-15(14-25)24-19(26)21(2,18-10-8-16(12-22)9-11-18)23(20(24)27)13-17-6-4-3-5-7-17/h3-11,14-15H,13H2,1-2H3. The predicted molar refractivity (Wildman–Crippen MR) is 98.3 cm³/mol. The van der Waals surface area contributed by atoms with Gasteiger partial charge < -0.3 is 9.69 Å². The van der Waals surface area contributed by atoms with E-state index >= 15 is 0 Å². The number of amides is 3. The second kappa shape index (κ2) is 7.04. The number of nitrogens with zero attached hydrogens (tertiary/aromatic N) is 3. The van der Waals surface area contributed by atoms with E-state index in [1.54, 1.807) is 31.2 Å². The van der Waals surface area contributed by atoms with E-state index in [4.69, 9.17) is 5.26 Å². The molecule has 1 aliphatic rings. The van der Waals surface area contributed by atoms with Gasteiger partial charge in [-0.3, -0.25) is 9.69 Å². The zero-order valence-electron chi connectivity index (χ0n) is 15.1. The number of rotatable bonds is 5. The summed E-state index contributed by atoms with van der Waals surface area (Å²) >= 11 is 0. The van der Waals surface area contributed by atoms with Gasteiger partial charge in [-0.15, -0.1) is 0 Å². The van der Waals surface area contributed by atoms with E-state index in [1.807, 2.05) is 36.4 Å². The van der Waals surface area contributed by atoms with Gasteiger partial charge in [-0.2, -0.15) is 5.26 Å². The average Bonchev–Trinajstić information content (AvgIpc) is 2.89. The van der Waals surface area contributed by atoms with Crippen LogP contribution < -0.4 is 0 Å². The third kappa shape index (κ3) is 2.97. The normalized spacial score (nSPS) is 20.5. The molecule has 6 heteroatoms. The first-order valence-corrected chi connectivity index (χ1v) is 8.58. The van der Waals surface area contributed by atoms with Gasteiger partial charge in [0, 0.05) is 6.54 Å². The molecular formula is C21H19N3O3. The Kier molecular flexibility index (Phi) is 4.78. The van der Waals surface area contributed by atoms with Crippen molar-refractivity contribution in [1.29, 1.82) is 5.26 Å². The summed E-state index contributed by atoms with van der Waals surface area (Å²) in [6, 6.07) is 16.6. The lowest BCUT2D eigenvalue weighted by molar-refractivity contribution is -0.136. The molecule has 0 radical (unpaired) electrons. The van der Waals surface area contributed by atoms with Crippen molar-refractivity contribution in [3.63, 3.8) is 0 Å². The second-order valence-electron chi connectivity index (χ2n) is 6.67. The van der Waals surface area contributed by atoms with Crippen LogP contribution in [-0.4, -0.2) is 34.1 Å². The van der Waals surface area contributed by atoms with E-state index in [0.717, 1.165) is 10.5 Å². The minimum absolute atomic E-state index is 0.226. The zero-order chi connectivity index (χ0) is 19.6. The van der Waals surface area contributed by atoms with Crippen molar-refractivity contribution in [1.82, 2.24) is 9.80 Å². The number of hydrogen-bond acceptors (Lipinski definition) is 4. The number of imide groups is 1. The van der Waals surface area contributed by atoms with Crippen LogP contribution in [0.4, 0.5) is 4.79 Å². The van der Waals surface area contributed by atoms with Crippen LogP contribution in [0.5, 0.6) is 0 Å². The summed E-state index contributed by atoms with van der Waals surface area (Å²) in [6.07, 6.45) is 0.584. The lowest BCUT2D eigenvalue weighted by Gasteiger charge is -2.32. The van der Waals surface area contributed by atoms with Crippen molar-refractivity contribution in [3.05, 3.63) is 71.3 Å². The van der Waals surface area contributed by atoms with Crippen molar-refractivity contribution in [2.24, 2.45) is 0 Å². The fourth-order valence-electron chi connectivity index (χ4n) is 3.32. The maximum Gasteiger partial charge on any atom is 0.328 e. The Morgan fingerprint density at radius 3 is 2.30 bits per heavy atom. The molecule has 0 aliphatic carbocycles. The Hall–Kier alpha value is -3.46. The third-order valence-corrected chi connectivity index (χ3v) is 4.98. The van der Waals surface area contributed by atoms with Gasteiger partial charge in [-0.25, -0.2) is 4.79 Å². The van der Waals surface area contributed by atoms with Gasteiger partial charge in [-0.1, -0.05) is 42.5 Å². The van der Waals surface area contributed by atoms with Crippen molar-refractivity contribution in [3.8, 4) is 6.07 Å². The highest BCUT2D eigenvalue weighted by Crippen LogP contribution is 2.39. The summed E-state index contributed by atoms with van der Waals surface area (Å²) in [5.41, 5.74) is 0.667. The van der Waals surface area contributed by atoms with Gasteiger partial charge in [0.1, 0.15) is 11.8 Å². The highest BCUT2D eigenvalue weighted by atomic mass is 16.2. The van der Waals surface area contributed by atoms with Gasteiger partial charge in [0.25, 0.3) is 5.91 Å². The minimum atomic E-state index is -1.27.